The van der Waals surface area contributed by atoms with Gasteiger partial charge in [-0.2, -0.15) is 0 Å². The summed E-state index contributed by atoms with van der Waals surface area (Å²) in [5.74, 6) is 2.00. The first-order valence-corrected chi connectivity index (χ1v) is 9.67. The van der Waals surface area contributed by atoms with E-state index in [1.54, 1.807) is 14.0 Å². The molecule has 0 radical (unpaired) electrons. The summed E-state index contributed by atoms with van der Waals surface area (Å²) in [5.41, 5.74) is 2.03. The fourth-order valence-electron chi connectivity index (χ4n) is 4.87. The summed E-state index contributed by atoms with van der Waals surface area (Å²) in [7, 11) is 1.67. The van der Waals surface area contributed by atoms with E-state index in [0.717, 1.165) is 41.7 Å². The van der Waals surface area contributed by atoms with E-state index in [2.05, 4.69) is 27.9 Å². The number of carbonyl (C=O) groups excluding carboxylic acids is 1. The molecule has 142 valence electrons. The molecular weight excluding hydrogens is 338 g/mol. The van der Waals surface area contributed by atoms with Crippen molar-refractivity contribution in [2.75, 3.05) is 20.2 Å². The van der Waals surface area contributed by atoms with E-state index >= 15 is 0 Å². The highest BCUT2D eigenvalue weighted by atomic mass is 16.5. The van der Waals surface area contributed by atoms with Crippen LogP contribution in [-0.4, -0.2) is 42.0 Å². The molecule has 2 bridgehead atoms. The average molecular weight is 365 g/mol. The van der Waals surface area contributed by atoms with Crippen molar-refractivity contribution < 1.29 is 9.53 Å². The quantitative estimate of drug-likeness (QED) is 0.826. The summed E-state index contributed by atoms with van der Waals surface area (Å²) < 4.78 is 5.42. The van der Waals surface area contributed by atoms with Gasteiger partial charge in [-0.1, -0.05) is 6.08 Å². The number of pyridine rings is 1. The van der Waals surface area contributed by atoms with Crippen LogP contribution in [-0.2, 0) is 4.79 Å². The molecule has 0 aliphatic carbocycles. The van der Waals surface area contributed by atoms with E-state index < -0.39 is 0 Å². The van der Waals surface area contributed by atoms with Gasteiger partial charge in [0.15, 0.2) is 0 Å². The van der Waals surface area contributed by atoms with E-state index in [4.69, 9.17) is 4.74 Å². The number of benzene rings is 1. The van der Waals surface area contributed by atoms with E-state index in [1.165, 1.54) is 6.42 Å². The van der Waals surface area contributed by atoms with Gasteiger partial charge >= 0.3 is 0 Å². The van der Waals surface area contributed by atoms with E-state index in [-0.39, 0.29) is 11.9 Å². The predicted octanol–water partition coefficient (Wildman–Crippen LogP) is 3.32. The average Bonchev–Trinajstić information content (AvgIpc) is 2.71. The first kappa shape index (κ1) is 18.0. The molecule has 3 fully saturated rings. The zero-order valence-corrected chi connectivity index (χ0v) is 16.0. The third-order valence-electron chi connectivity index (χ3n) is 6.21. The van der Waals surface area contributed by atoms with Gasteiger partial charge in [0.05, 0.1) is 18.7 Å². The molecule has 4 unspecified atom stereocenters. The van der Waals surface area contributed by atoms with Crippen LogP contribution in [0.4, 0.5) is 0 Å². The van der Waals surface area contributed by atoms with Crippen molar-refractivity contribution in [3.63, 3.8) is 0 Å². The highest BCUT2D eigenvalue weighted by molar-refractivity contribution is 5.85. The molecule has 5 nitrogen and oxygen atoms in total. The van der Waals surface area contributed by atoms with Crippen LogP contribution in [0.2, 0.25) is 0 Å². The Morgan fingerprint density at radius 2 is 2.30 bits per heavy atom. The number of piperidine rings is 3. The number of aromatic nitrogens is 1. The molecule has 3 saturated heterocycles. The smallest absolute Gasteiger partial charge is 0.217 e. The number of methoxy groups -OCH3 is 1. The number of nitrogens with zero attached hydrogens (tertiary/aromatic N) is 2. The molecule has 1 N–H and O–H groups in total. The number of carbonyl (C=O) groups is 1. The molecule has 5 atom stereocenters. The molecule has 27 heavy (non-hydrogen) atoms. The minimum Gasteiger partial charge on any atom is -0.497 e. The highest BCUT2D eigenvalue weighted by Crippen LogP contribution is 2.42. The highest BCUT2D eigenvalue weighted by Gasteiger charge is 2.43. The van der Waals surface area contributed by atoms with Crippen LogP contribution < -0.4 is 10.1 Å². The molecule has 1 amide bonds. The van der Waals surface area contributed by atoms with Gasteiger partial charge in [0, 0.05) is 31.1 Å². The second-order valence-corrected chi connectivity index (χ2v) is 7.71. The topological polar surface area (TPSA) is 54.5 Å². The Kier molecular flexibility index (Phi) is 4.87. The SMILES string of the molecule is C=CC1CN2CCC1CC2[C@H](NC(C)=O)c1ccnc2ccc(OC)cc12. The van der Waals surface area contributed by atoms with Gasteiger partial charge in [0.2, 0.25) is 5.91 Å². The minimum absolute atomic E-state index is 0.00391. The summed E-state index contributed by atoms with van der Waals surface area (Å²) in [6.45, 7) is 7.73. The number of rotatable bonds is 5. The molecule has 3 aliphatic rings. The number of ether oxygens (including phenoxy) is 1. The summed E-state index contributed by atoms with van der Waals surface area (Å²) in [5, 5.41) is 4.28. The predicted molar refractivity (Wildman–Crippen MR) is 107 cm³/mol. The lowest BCUT2D eigenvalue weighted by molar-refractivity contribution is -0.120. The van der Waals surface area contributed by atoms with E-state index in [1.807, 2.05) is 30.5 Å². The second kappa shape index (κ2) is 7.31. The van der Waals surface area contributed by atoms with Crippen molar-refractivity contribution in [2.45, 2.75) is 31.8 Å². The van der Waals surface area contributed by atoms with Crippen LogP contribution in [0.3, 0.4) is 0 Å². The van der Waals surface area contributed by atoms with Crippen molar-refractivity contribution in [2.24, 2.45) is 11.8 Å². The zero-order chi connectivity index (χ0) is 19.0. The van der Waals surface area contributed by atoms with Gasteiger partial charge in [-0.05, 0) is 61.1 Å². The first-order valence-electron chi connectivity index (χ1n) is 9.67. The fraction of sp³-hybridized carbons (Fsp3) is 0.455. The number of nitrogens with one attached hydrogen (secondary N) is 1. The van der Waals surface area contributed by atoms with Crippen LogP contribution in [0, 0.1) is 11.8 Å². The largest absolute Gasteiger partial charge is 0.497 e. The van der Waals surface area contributed by atoms with Crippen LogP contribution in [0.1, 0.15) is 31.4 Å². The Morgan fingerprint density at radius 1 is 1.44 bits per heavy atom. The monoisotopic (exact) mass is 365 g/mol. The van der Waals surface area contributed by atoms with E-state index in [0.29, 0.717) is 17.9 Å². The van der Waals surface area contributed by atoms with Gasteiger partial charge in [0.1, 0.15) is 5.75 Å². The van der Waals surface area contributed by atoms with Crippen LogP contribution in [0.25, 0.3) is 10.9 Å². The standard InChI is InChI=1S/C22H27N3O2/c1-4-15-13-25-10-8-16(15)11-21(25)22(24-14(2)26)18-7-9-23-20-6-5-17(27-3)12-19(18)20/h4-7,9,12,15-16,21-22H,1,8,10-11,13H2,2-3H3,(H,24,26)/t15?,16?,21?,22-/m1/s1. The lowest BCUT2D eigenvalue weighted by atomic mass is 9.73. The summed E-state index contributed by atoms with van der Waals surface area (Å²) in [6.07, 6.45) is 6.23. The van der Waals surface area contributed by atoms with Crippen molar-refractivity contribution in [3.05, 3.63) is 48.7 Å². The molecule has 5 heteroatoms. The molecule has 1 aromatic heterocycles. The van der Waals surface area contributed by atoms with Gasteiger partial charge in [-0.25, -0.2) is 0 Å². The van der Waals surface area contributed by atoms with Gasteiger partial charge in [0.25, 0.3) is 0 Å². The van der Waals surface area contributed by atoms with Crippen molar-refractivity contribution in [3.8, 4) is 5.75 Å². The number of hydrogen-bond donors (Lipinski definition) is 1. The molecule has 0 saturated carbocycles. The Morgan fingerprint density at radius 3 is 2.96 bits per heavy atom. The third kappa shape index (κ3) is 3.32. The number of amides is 1. The molecule has 3 aliphatic heterocycles. The molecule has 4 heterocycles. The zero-order valence-electron chi connectivity index (χ0n) is 16.0. The van der Waals surface area contributed by atoms with Crippen LogP contribution in [0.15, 0.2) is 43.1 Å². The Balaban J connectivity index is 1.76. The van der Waals surface area contributed by atoms with Gasteiger partial charge < -0.3 is 10.1 Å². The van der Waals surface area contributed by atoms with Crippen molar-refractivity contribution >= 4 is 16.8 Å². The van der Waals surface area contributed by atoms with Crippen LogP contribution in [0.5, 0.6) is 5.75 Å². The number of hydrogen-bond acceptors (Lipinski definition) is 4. The maximum absolute atomic E-state index is 12.1. The van der Waals surface area contributed by atoms with Crippen molar-refractivity contribution in [1.82, 2.24) is 15.2 Å². The molecule has 0 spiro atoms. The summed E-state index contributed by atoms with van der Waals surface area (Å²) in [6, 6.07) is 8.19. The lowest BCUT2D eigenvalue weighted by Crippen LogP contribution is -2.57. The Labute approximate surface area is 160 Å². The van der Waals surface area contributed by atoms with Gasteiger partial charge in [-0.3, -0.25) is 14.7 Å². The molecule has 1 aromatic carbocycles. The maximum Gasteiger partial charge on any atom is 0.217 e. The Hall–Kier alpha value is -2.40. The minimum atomic E-state index is -0.0614. The van der Waals surface area contributed by atoms with Crippen molar-refractivity contribution in [1.29, 1.82) is 0 Å². The van der Waals surface area contributed by atoms with Crippen LogP contribution >= 0.6 is 0 Å². The molecule has 5 rings (SSSR count). The third-order valence-corrected chi connectivity index (χ3v) is 6.21. The number of fused-ring (bicyclic) bond motifs is 4. The first-order chi connectivity index (χ1) is 13.1. The molecular formula is C22H27N3O2. The second-order valence-electron chi connectivity index (χ2n) is 7.71. The summed E-state index contributed by atoms with van der Waals surface area (Å²) >= 11 is 0. The molecule has 2 aromatic rings. The maximum atomic E-state index is 12.1. The van der Waals surface area contributed by atoms with Gasteiger partial charge in [-0.15, -0.1) is 6.58 Å². The Bertz CT molecular complexity index is 866. The normalized spacial score (nSPS) is 27.9. The van der Waals surface area contributed by atoms with E-state index in [9.17, 15) is 4.79 Å². The fourth-order valence-corrected chi connectivity index (χ4v) is 4.87. The lowest BCUT2D eigenvalue weighted by Gasteiger charge is -2.51. The summed E-state index contributed by atoms with van der Waals surface area (Å²) in [4.78, 5) is 19.1.